The summed E-state index contributed by atoms with van der Waals surface area (Å²) in [6, 6.07) is 51.3. The van der Waals surface area contributed by atoms with Crippen LogP contribution in [0.3, 0.4) is 0 Å². The number of nitrogens with zero attached hydrogens (tertiary/aromatic N) is 2. The Balaban J connectivity index is 1.46. The maximum atomic E-state index is 5.05. The summed E-state index contributed by atoms with van der Waals surface area (Å²) in [7, 11) is 0. The Morgan fingerprint density at radius 2 is 0.919 bits per heavy atom. The molecule has 2 aromatic heterocycles. The van der Waals surface area contributed by atoms with Crippen molar-refractivity contribution in [2.75, 3.05) is 0 Å². The molecule has 0 saturated carbocycles. The first-order valence-electron chi connectivity index (χ1n) is 12.6. The summed E-state index contributed by atoms with van der Waals surface area (Å²) in [6.45, 7) is 0. The summed E-state index contributed by atoms with van der Waals surface area (Å²) in [5.74, 6) is 0. The van der Waals surface area contributed by atoms with Gasteiger partial charge in [-0.05, 0) is 53.6 Å². The third kappa shape index (κ3) is 3.80. The Morgan fingerprint density at radius 1 is 0.378 bits per heavy atom. The van der Waals surface area contributed by atoms with Gasteiger partial charge in [0.05, 0.1) is 22.4 Å². The molecule has 0 saturated heterocycles. The van der Waals surface area contributed by atoms with Gasteiger partial charge in [-0.15, -0.1) is 0 Å². The molecule has 7 aromatic rings. The Bertz CT molecular complexity index is 1790. The Kier molecular flexibility index (Phi) is 5.15. The lowest BCUT2D eigenvalue weighted by Gasteiger charge is -2.11. The zero-order valence-electron chi connectivity index (χ0n) is 20.3. The fraction of sp³-hybridized carbons (Fsp3) is 0. The molecule has 0 atom stereocenters. The Hall–Kier alpha value is -4.95. The lowest BCUT2D eigenvalue weighted by Crippen LogP contribution is -1.93. The van der Waals surface area contributed by atoms with E-state index in [0.717, 1.165) is 28.1 Å². The second-order valence-electron chi connectivity index (χ2n) is 9.28. The van der Waals surface area contributed by atoms with Gasteiger partial charge in [-0.2, -0.15) is 0 Å². The average molecular weight is 473 g/mol. The number of hydrogen-bond acceptors (Lipinski definition) is 1. The molecule has 2 heterocycles. The van der Waals surface area contributed by atoms with E-state index in [4.69, 9.17) is 4.98 Å². The maximum Gasteiger partial charge on any atom is 0.0715 e. The summed E-state index contributed by atoms with van der Waals surface area (Å²) in [5, 5.41) is 2.50. The van der Waals surface area contributed by atoms with E-state index in [9.17, 15) is 0 Å². The van der Waals surface area contributed by atoms with Crippen molar-refractivity contribution in [3.63, 3.8) is 0 Å². The SMILES string of the molecule is c1ccc(-c2cc(-c3ccc4c(c3)c3ccccc3n4-c3ccccc3)cc(-c3ccccc3)n2)cc1. The van der Waals surface area contributed by atoms with Gasteiger partial charge in [-0.25, -0.2) is 4.98 Å². The number of hydrogen-bond donors (Lipinski definition) is 0. The molecule has 0 bridgehead atoms. The van der Waals surface area contributed by atoms with Crippen molar-refractivity contribution in [1.29, 1.82) is 0 Å². The summed E-state index contributed by atoms with van der Waals surface area (Å²) >= 11 is 0. The molecule has 0 fully saturated rings. The molecule has 37 heavy (non-hydrogen) atoms. The summed E-state index contributed by atoms with van der Waals surface area (Å²) in [5.41, 5.74) is 10.1. The minimum atomic E-state index is 0.976. The molecule has 0 N–H and O–H groups in total. The predicted octanol–water partition coefficient (Wildman–Crippen LogP) is 9.18. The topological polar surface area (TPSA) is 17.8 Å². The monoisotopic (exact) mass is 472 g/mol. The van der Waals surface area contributed by atoms with Crippen LogP contribution < -0.4 is 0 Å². The largest absolute Gasteiger partial charge is 0.309 e. The van der Waals surface area contributed by atoms with Crippen molar-refractivity contribution >= 4 is 21.8 Å². The number of benzene rings is 5. The van der Waals surface area contributed by atoms with Crippen LogP contribution in [0, 0.1) is 0 Å². The van der Waals surface area contributed by atoms with Gasteiger partial charge in [0, 0.05) is 27.6 Å². The van der Waals surface area contributed by atoms with E-state index in [2.05, 4.69) is 138 Å². The van der Waals surface area contributed by atoms with Crippen molar-refractivity contribution in [2.24, 2.45) is 0 Å². The number of fused-ring (bicyclic) bond motifs is 3. The van der Waals surface area contributed by atoms with E-state index in [1.165, 1.54) is 33.1 Å². The molecule has 2 nitrogen and oxygen atoms in total. The molecule has 0 aliphatic heterocycles. The second-order valence-corrected chi connectivity index (χ2v) is 9.28. The zero-order valence-corrected chi connectivity index (χ0v) is 20.3. The third-order valence-electron chi connectivity index (χ3n) is 6.98. The van der Waals surface area contributed by atoms with E-state index in [1.807, 2.05) is 12.1 Å². The minimum Gasteiger partial charge on any atom is -0.309 e. The fourth-order valence-corrected chi connectivity index (χ4v) is 5.22. The van der Waals surface area contributed by atoms with E-state index in [0.29, 0.717) is 0 Å². The molecule has 0 spiro atoms. The van der Waals surface area contributed by atoms with E-state index >= 15 is 0 Å². The summed E-state index contributed by atoms with van der Waals surface area (Å²) < 4.78 is 2.35. The Morgan fingerprint density at radius 3 is 1.57 bits per heavy atom. The summed E-state index contributed by atoms with van der Waals surface area (Å²) in [4.78, 5) is 5.05. The quantitative estimate of drug-likeness (QED) is 0.250. The molecular formula is C35H24N2. The van der Waals surface area contributed by atoms with E-state index in [1.54, 1.807) is 0 Å². The van der Waals surface area contributed by atoms with Gasteiger partial charge in [-0.3, -0.25) is 0 Å². The fourth-order valence-electron chi connectivity index (χ4n) is 5.22. The third-order valence-corrected chi connectivity index (χ3v) is 6.98. The van der Waals surface area contributed by atoms with Crippen LogP contribution in [0.1, 0.15) is 0 Å². The van der Waals surface area contributed by atoms with E-state index in [-0.39, 0.29) is 0 Å². The number of pyridine rings is 1. The highest BCUT2D eigenvalue weighted by molar-refractivity contribution is 6.10. The lowest BCUT2D eigenvalue weighted by atomic mass is 9.98. The van der Waals surface area contributed by atoms with Gasteiger partial charge < -0.3 is 4.57 Å². The first-order valence-corrected chi connectivity index (χ1v) is 12.6. The molecule has 7 rings (SSSR count). The maximum absolute atomic E-state index is 5.05. The molecule has 0 aliphatic carbocycles. The van der Waals surface area contributed by atoms with Crippen LogP contribution in [0.5, 0.6) is 0 Å². The van der Waals surface area contributed by atoms with Crippen molar-refractivity contribution in [1.82, 2.24) is 9.55 Å². The smallest absolute Gasteiger partial charge is 0.0715 e. The molecule has 0 aliphatic rings. The first kappa shape index (κ1) is 21.3. The molecule has 0 radical (unpaired) electrons. The van der Waals surface area contributed by atoms with Gasteiger partial charge in [0.25, 0.3) is 0 Å². The molecular weight excluding hydrogens is 448 g/mol. The lowest BCUT2D eigenvalue weighted by molar-refractivity contribution is 1.18. The molecule has 0 unspecified atom stereocenters. The van der Waals surface area contributed by atoms with Gasteiger partial charge in [0.1, 0.15) is 0 Å². The second kappa shape index (κ2) is 8.92. The normalized spacial score (nSPS) is 11.2. The van der Waals surface area contributed by atoms with Crippen LogP contribution in [0.25, 0.3) is 61.1 Å². The van der Waals surface area contributed by atoms with Gasteiger partial charge in [0.15, 0.2) is 0 Å². The number of rotatable bonds is 4. The number of para-hydroxylation sites is 2. The van der Waals surface area contributed by atoms with Crippen LogP contribution in [-0.4, -0.2) is 9.55 Å². The summed E-state index contributed by atoms with van der Waals surface area (Å²) in [6.07, 6.45) is 0. The van der Waals surface area contributed by atoms with E-state index < -0.39 is 0 Å². The van der Waals surface area contributed by atoms with Crippen molar-refractivity contribution in [3.8, 4) is 39.3 Å². The van der Waals surface area contributed by atoms with Gasteiger partial charge >= 0.3 is 0 Å². The zero-order chi connectivity index (χ0) is 24.6. The molecule has 2 heteroatoms. The highest BCUT2D eigenvalue weighted by atomic mass is 15.0. The van der Waals surface area contributed by atoms with Crippen LogP contribution in [0.4, 0.5) is 0 Å². The predicted molar refractivity (Wildman–Crippen MR) is 155 cm³/mol. The standard InChI is InChI=1S/C35H24N2/c1-4-12-25(13-5-1)32-23-28(24-33(36-32)26-14-6-2-7-15-26)27-20-21-35-31(22-27)30-18-10-11-19-34(30)37(35)29-16-8-3-9-17-29/h1-24H. The van der Waals surface area contributed by atoms with Gasteiger partial charge in [0.2, 0.25) is 0 Å². The van der Waals surface area contributed by atoms with Crippen LogP contribution in [0.2, 0.25) is 0 Å². The van der Waals surface area contributed by atoms with Crippen molar-refractivity contribution in [2.45, 2.75) is 0 Å². The average Bonchev–Trinajstić information content (AvgIpc) is 3.32. The first-order chi connectivity index (χ1) is 18.3. The van der Waals surface area contributed by atoms with Crippen LogP contribution in [0.15, 0.2) is 146 Å². The molecule has 174 valence electrons. The molecule has 5 aromatic carbocycles. The highest BCUT2D eigenvalue weighted by Gasteiger charge is 2.14. The molecule has 0 amide bonds. The minimum absolute atomic E-state index is 0.976. The van der Waals surface area contributed by atoms with Crippen LogP contribution in [-0.2, 0) is 0 Å². The number of aromatic nitrogens is 2. The Labute approximate surface area is 216 Å². The van der Waals surface area contributed by atoms with Gasteiger partial charge in [-0.1, -0.05) is 103 Å². The van der Waals surface area contributed by atoms with Crippen LogP contribution >= 0.6 is 0 Å². The highest BCUT2D eigenvalue weighted by Crippen LogP contribution is 2.36. The van der Waals surface area contributed by atoms with Crippen molar-refractivity contribution < 1.29 is 0 Å². The van der Waals surface area contributed by atoms with Crippen molar-refractivity contribution in [3.05, 3.63) is 146 Å².